The number of benzene rings is 7. The van der Waals surface area contributed by atoms with Crippen molar-refractivity contribution in [2.75, 3.05) is 0 Å². The molecule has 5 heterocycles. The van der Waals surface area contributed by atoms with Crippen LogP contribution in [0.1, 0.15) is 26.3 Å². The van der Waals surface area contributed by atoms with Crippen LogP contribution in [-0.4, -0.2) is 23.3 Å². The Hall–Kier alpha value is -6.95. The molecule has 0 unspecified atom stereocenters. The summed E-state index contributed by atoms with van der Waals surface area (Å²) >= 11 is 0. The second kappa shape index (κ2) is 14.0. The van der Waals surface area contributed by atoms with Crippen molar-refractivity contribution in [3.8, 4) is 28.7 Å². The molecule has 12 aromatic rings. The van der Waals surface area contributed by atoms with E-state index in [4.69, 9.17) is 9.72 Å². The van der Waals surface area contributed by atoms with Gasteiger partial charge in [0.25, 0.3) is 0 Å². The van der Waals surface area contributed by atoms with Crippen LogP contribution in [0.15, 0.2) is 152 Å². The van der Waals surface area contributed by atoms with Gasteiger partial charge in [-0.05, 0) is 52.8 Å². The van der Waals surface area contributed by atoms with E-state index in [0.29, 0.717) is 11.5 Å². The minimum Gasteiger partial charge on any atom is -0.510 e. The zero-order valence-electron chi connectivity index (χ0n) is 34.8. The van der Waals surface area contributed by atoms with Crippen molar-refractivity contribution in [1.82, 2.24) is 23.3 Å². The molecule has 0 aliphatic carbocycles. The summed E-state index contributed by atoms with van der Waals surface area (Å²) in [5.74, 6) is 2.00. The van der Waals surface area contributed by atoms with E-state index in [-0.39, 0.29) is 26.5 Å². The smallest absolute Gasteiger partial charge is 0.242 e. The maximum absolute atomic E-state index is 6.73. The van der Waals surface area contributed by atoms with Crippen LogP contribution in [0, 0.1) is 18.5 Å². The van der Waals surface area contributed by atoms with E-state index >= 15 is 0 Å². The Balaban J connectivity index is 0.00000432. The topological polar surface area (TPSA) is 45.7 Å². The molecule has 0 saturated heterocycles. The van der Waals surface area contributed by atoms with E-state index in [1.54, 1.807) is 0 Å². The Kier molecular flexibility index (Phi) is 8.61. The number of para-hydroxylation sites is 5. The van der Waals surface area contributed by atoms with Gasteiger partial charge in [0.05, 0.1) is 40.1 Å². The molecule has 7 aromatic carbocycles. The van der Waals surface area contributed by atoms with Crippen molar-refractivity contribution < 1.29 is 30.4 Å². The van der Waals surface area contributed by atoms with Crippen LogP contribution < -0.4 is 9.30 Å². The quantitative estimate of drug-likeness (QED) is 0.127. The Labute approximate surface area is 372 Å². The second-order valence-electron chi connectivity index (χ2n) is 17.0. The summed E-state index contributed by atoms with van der Waals surface area (Å²) in [5, 5.41) is 6.94. The minimum absolute atomic E-state index is 0. The number of ether oxygens (including phenoxy) is 1. The fourth-order valence-corrected chi connectivity index (χ4v) is 9.57. The molecule has 0 atom stereocenters. The van der Waals surface area contributed by atoms with Gasteiger partial charge in [0.2, 0.25) is 6.33 Å². The zero-order chi connectivity index (χ0) is 41.1. The standard InChI is InChI=1S/C54H40N6O.Pt/c1-54(2,3)34-28-29-55-47(30-34)60-46-32-38(61-37-19-15-18-36(31-37)58-33-56(4)44-24-13-14-25-45(44)58)26-27-41(46)48-49-40-21-10-12-23-43(40)59(35-16-7-6-8-17-35)53(49)52-50(51(48)60)39-20-9-11-22-42(39)57(52)5;/h6-30H,1-5H3;/q-2;. The van der Waals surface area contributed by atoms with Gasteiger partial charge in [-0.1, -0.05) is 111 Å². The molecule has 0 fully saturated rings. The molecular formula is C54H40N6OPt-2. The van der Waals surface area contributed by atoms with Crippen molar-refractivity contribution in [2.45, 2.75) is 26.2 Å². The number of pyridine rings is 1. The van der Waals surface area contributed by atoms with E-state index in [9.17, 15) is 0 Å². The van der Waals surface area contributed by atoms with Gasteiger partial charge in [-0.3, -0.25) is 0 Å². The molecule has 0 amide bonds. The molecule has 0 bridgehead atoms. The zero-order valence-corrected chi connectivity index (χ0v) is 37.1. The molecule has 12 rings (SSSR count). The molecule has 8 heteroatoms. The normalized spacial score (nSPS) is 12.1. The minimum atomic E-state index is -0.0973. The number of imidazole rings is 1. The van der Waals surface area contributed by atoms with Crippen molar-refractivity contribution in [3.05, 3.63) is 176 Å². The number of hydrogen-bond donors (Lipinski definition) is 0. The number of fused-ring (bicyclic) bond motifs is 13. The van der Waals surface area contributed by atoms with Crippen LogP contribution in [0.3, 0.4) is 0 Å². The van der Waals surface area contributed by atoms with Crippen LogP contribution in [0.2, 0.25) is 0 Å². The molecule has 7 nitrogen and oxygen atoms in total. The summed E-state index contributed by atoms with van der Waals surface area (Å²) < 4.78 is 17.9. The Morgan fingerprint density at radius 1 is 0.581 bits per heavy atom. The predicted molar refractivity (Wildman–Crippen MR) is 247 cm³/mol. The van der Waals surface area contributed by atoms with Gasteiger partial charge >= 0.3 is 0 Å². The van der Waals surface area contributed by atoms with Crippen molar-refractivity contribution in [1.29, 1.82) is 0 Å². The third-order valence-electron chi connectivity index (χ3n) is 12.3. The van der Waals surface area contributed by atoms with Gasteiger partial charge in [-0.25, -0.2) is 4.98 Å². The molecule has 0 aliphatic rings. The summed E-state index contributed by atoms with van der Waals surface area (Å²) in [4.78, 5) is 5.15. The van der Waals surface area contributed by atoms with E-state index in [0.717, 1.165) is 66.6 Å². The summed E-state index contributed by atoms with van der Waals surface area (Å²) in [5.41, 5.74) is 11.8. The van der Waals surface area contributed by atoms with E-state index in [1.807, 2.05) is 58.8 Å². The van der Waals surface area contributed by atoms with Crippen LogP contribution in [0.4, 0.5) is 0 Å². The molecule has 0 spiro atoms. The molecule has 0 radical (unpaired) electrons. The van der Waals surface area contributed by atoms with Gasteiger partial charge in [0.15, 0.2) is 0 Å². The maximum atomic E-state index is 6.73. The van der Waals surface area contributed by atoms with E-state index in [1.165, 1.54) is 32.6 Å². The monoisotopic (exact) mass is 983 g/mol. The first kappa shape index (κ1) is 38.0. The summed E-state index contributed by atoms with van der Waals surface area (Å²) in [6.45, 7) is 6.75. The number of nitrogens with zero attached hydrogens (tertiary/aromatic N) is 6. The van der Waals surface area contributed by atoms with Crippen molar-refractivity contribution in [3.63, 3.8) is 0 Å². The fourth-order valence-electron chi connectivity index (χ4n) is 9.57. The molecule has 62 heavy (non-hydrogen) atoms. The van der Waals surface area contributed by atoms with Gasteiger partial charge in [-0.2, -0.15) is 18.2 Å². The molecule has 0 N–H and O–H groups in total. The van der Waals surface area contributed by atoms with Gasteiger partial charge in [-0.15, -0.1) is 29.7 Å². The molecular weight excluding hydrogens is 944 g/mol. The Morgan fingerprint density at radius 2 is 1.26 bits per heavy atom. The van der Waals surface area contributed by atoms with Crippen LogP contribution in [-0.2, 0) is 40.6 Å². The average Bonchev–Trinajstić information content (AvgIpc) is 4.00. The summed E-state index contributed by atoms with van der Waals surface area (Å²) in [6.07, 6.45) is 5.37. The maximum Gasteiger partial charge on any atom is 0.242 e. The number of hydrogen-bond acceptors (Lipinski definition) is 2. The van der Waals surface area contributed by atoms with Crippen molar-refractivity contribution in [2.24, 2.45) is 14.1 Å². The molecule has 0 aliphatic heterocycles. The first-order chi connectivity index (χ1) is 29.7. The number of aromatic nitrogens is 6. The number of aryl methyl sites for hydroxylation is 2. The number of rotatable bonds is 5. The third-order valence-corrected chi connectivity index (χ3v) is 12.3. The van der Waals surface area contributed by atoms with Gasteiger partial charge in [0, 0.05) is 78.6 Å². The van der Waals surface area contributed by atoms with Crippen LogP contribution >= 0.6 is 0 Å². The Morgan fingerprint density at radius 3 is 2.05 bits per heavy atom. The van der Waals surface area contributed by atoms with Crippen molar-refractivity contribution >= 4 is 76.5 Å². The molecule has 304 valence electrons. The van der Waals surface area contributed by atoms with Gasteiger partial charge in [0.1, 0.15) is 5.82 Å². The van der Waals surface area contributed by atoms with E-state index < -0.39 is 0 Å². The predicted octanol–water partition coefficient (Wildman–Crippen LogP) is 12.2. The molecule has 5 aromatic heterocycles. The largest absolute Gasteiger partial charge is 0.510 e. The van der Waals surface area contributed by atoms with Crippen LogP contribution in [0.5, 0.6) is 11.5 Å². The average molecular weight is 984 g/mol. The van der Waals surface area contributed by atoms with E-state index in [2.05, 4.69) is 169 Å². The summed E-state index contributed by atoms with van der Waals surface area (Å²) in [7, 11) is 4.21. The first-order valence-corrected chi connectivity index (χ1v) is 20.7. The fraction of sp³-hybridized carbons (Fsp3) is 0.111. The van der Waals surface area contributed by atoms with Crippen LogP contribution in [0.25, 0.3) is 93.6 Å². The third kappa shape index (κ3) is 5.54. The second-order valence-corrected chi connectivity index (χ2v) is 17.0. The SMILES string of the molecule is Cn1[c-][n+](-c2[c-]c(Oc3[c-]c4c(cc3)c3c5c6ccccc6n(-c6ccccc6)c5c5c(c6ccccc6n5C)c3n4-c3cc(C(C)(C)C)ccn3)ccc2)c2ccccc21.[Pt]. The van der Waals surface area contributed by atoms with Gasteiger partial charge < -0.3 is 27.6 Å². The summed E-state index contributed by atoms with van der Waals surface area (Å²) in [6, 6.07) is 58.5. The first-order valence-electron chi connectivity index (χ1n) is 20.7. The molecule has 0 saturated carbocycles. The Bertz CT molecular complexity index is 3750.